The molecule has 0 aliphatic carbocycles. The second-order valence-electron chi connectivity index (χ2n) is 17.5. The zero-order chi connectivity index (χ0) is 39.3. The van der Waals surface area contributed by atoms with E-state index in [2.05, 4.69) is 33.8 Å². The van der Waals surface area contributed by atoms with Gasteiger partial charge in [0.2, 0.25) is 0 Å². The molecule has 10 heteroatoms. The largest absolute Gasteiger partial charge is 0.507 e. The van der Waals surface area contributed by atoms with Crippen LogP contribution in [0.5, 0.6) is 5.75 Å². The van der Waals surface area contributed by atoms with Crippen molar-refractivity contribution in [1.29, 1.82) is 0 Å². The zero-order valence-corrected chi connectivity index (χ0v) is 33.7. The summed E-state index contributed by atoms with van der Waals surface area (Å²) in [5.74, 6) is -4.89. The minimum absolute atomic E-state index is 0.0107. The first kappa shape index (κ1) is 41.8. The van der Waals surface area contributed by atoms with Gasteiger partial charge in [-0.3, -0.25) is 4.79 Å². The Labute approximate surface area is 316 Å². The maximum atomic E-state index is 14.3. The zero-order valence-electron chi connectivity index (χ0n) is 33.7. The Morgan fingerprint density at radius 2 is 1.72 bits per heavy atom. The van der Waals surface area contributed by atoms with Gasteiger partial charge < -0.3 is 39.4 Å². The number of carbonyl (C=O) groups is 2. The highest BCUT2D eigenvalue weighted by Gasteiger charge is 2.64. The number of Topliss-reactive ketones (excluding diaryl/α,β-unsaturated/α-hetero) is 1. The maximum Gasteiger partial charge on any atom is 0.339 e. The van der Waals surface area contributed by atoms with Crippen molar-refractivity contribution in [3.63, 3.8) is 0 Å². The van der Waals surface area contributed by atoms with Gasteiger partial charge in [-0.2, -0.15) is 0 Å². The molecule has 2 spiro atoms. The number of aromatic hydroxyl groups is 1. The fourth-order valence-electron chi connectivity index (χ4n) is 9.88. The number of ketones is 1. The summed E-state index contributed by atoms with van der Waals surface area (Å²) < 4.78 is 27.9. The number of hydrogen-bond acceptors (Lipinski definition) is 9. The molecule has 0 amide bonds. The van der Waals surface area contributed by atoms with Crippen molar-refractivity contribution in [3.05, 3.63) is 41.0 Å². The first-order valence-corrected chi connectivity index (χ1v) is 20.2. The number of carbonyl (C=O) groups excluding carboxylic acids is 1. The highest BCUT2D eigenvalue weighted by Crippen LogP contribution is 2.57. The van der Waals surface area contributed by atoms with Crippen LogP contribution in [0.3, 0.4) is 0 Å². The van der Waals surface area contributed by atoms with E-state index in [0.29, 0.717) is 36.8 Å². The molecule has 0 radical (unpaired) electrons. The Morgan fingerprint density at radius 1 is 1.02 bits per heavy atom. The van der Waals surface area contributed by atoms with Gasteiger partial charge in [0.25, 0.3) is 0 Å². The van der Waals surface area contributed by atoms with Crippen LogP contribution in [-0.4, -0.2) is 79.4 Å². The van der Waals surface area contributed by atoms with Gasteiger partial charge in [0.05, 0.1) is 35.6 Å². The number of aliphatic hydroxyl groups excluding tert-OH is 2. The summed E-state index contributed by atoms with van der Waals surface area (Å²) >= 11 is 0. The van der Waals surface area contributed by atoms with Crippen LogP contribution in [0.1, 0.15) is 135 Å². The van der Waals surface area contributed by atoms with E-state index >= 15 is 0 Å². The minimum atomic E-state index is -1.19. The summed E-state index contributed by atoms with van der Waals surface area (Å²) in [6, 6.07) is 3.40. The molecule has 14 unspecified atom stereocenters. The number of hydrogen-bond donors (Lipinski definition) is 4. The molecule has 4 heterocycles. The SMILES string of the molecule is CCC(C(=O)C(C)C(O)C(C)CCc1ccc(C)c(O)c1C(=O)O)C1OC2(C=CCC3(OC(CC)(C4CCC(C)(C(C)O)O4)CC3C)O2)C(C)CC1C. The molecule has 4 aliphatic rings. The average Bonchev–Trinajstić information content (AvgIpc) is 3.65. The molecule has 4 N–H and O–H groups in total. The second-order valence-corrected chi connectivity index (χ2v) is 17.5. The normalized spacial score (nSPS) is 38.5. The quantitative estimate of drug-likeness (QED) is 0.150. The van der Waals surface area contributed by atoms with Crippen molar-refractivity contribution in [2.45, 2.75) is 174 Å². The van der Waals surface area contributed by atoms with Crippen molar-refractivity contribution in [3.8, 4) is 5.75 Å². The van der Waals surface area contributed by atoms with Gasteiger partial charge in [-0.15, -0.1) is 0 Å². The van der Waals surface area contributed by atoms with Crippen LogP contribution >= 0.6 is 0 Å². The minimum Gasteiger partial charge on any atom is -0.507 e. The number of aliphatic hydroxyl groups is 2. The Balaban J connectivity index is 1.31. The molecule has 298 valence electrons. The number of benzene rings is 1. The summed E-state index contributed by atoms with van der Waals surface area (Å²) in [4.78, 5) is 26.2. The van der Waals surface area contributed by atoms with E-state index in [-0.39, 0.29) is 46.9 Å². The van der Waals surface area contributed by atoms with Crippen LogP contribution in [0.2, 0.25) is 0 Å². The van der Waals surface area contributed by atoms with Crippen LogP contribution < -0.4 is 0 Å². The van der Waals surface area contributed by atoms with Gasteiger partial charge in [-0.1, -0.05) is 66.7 Å². The molecule has 0 saturated carbocycles. The first-order valence-electron chi connectivity index (χ1n) is 20.2. The molecule has 5 rings (SSSR count). The maximum absolute atomic E-state index is 14.3. The molecule has 3 saturated heterocycles. The third kappa shape index (κ3) is 7.62. The van der Waals surface area contributed by atoms with E-state index in [4.69, 9.17) is 18.9 Å². The lowest BCUT2D eigenvalue weighted by Crippen LogP contribution is -2.60. The highest BCUT2D eigenvalue weighted by molar-refractivity contribution is 5.93. The van der Waals surface area contributed by atoms with Crippen LogP contribution in [0.25, 0.3) is 0 Å². The van der Waals surface area contributed by atoms with Gasteiger partial charge >= 0.3 is 5.97 Å². The summed E-state index contributed by atoms with van der Waals surface area (Å²) in [5, 5.41) is 42.1. The molecule has 3 fully saturated rings. The van der Waals surface area contributed by atoms with E-state index in [1.807, 2.05) is 26.8 Å². The number of aryl methyl sites for hydroxylation is 2. The third-order valence-corrected chi connectivity index (χ3v) is 13.8. The van der Waals surface area contributed by atoms with Crippen LogP contribution in [0.15, 0.2) is 24.3 Å². The molecule has 0 bridgehead atoms. The van der Waals surface area contributed by atoms with Crippen molar-refractivity contribution in [2.24, 2.45) is 35.5 Å². The highest BCUT2D eigenvalue weighted by atomic mass is 16.8. The summed E-state index contributed by atoms with van der Waals surface area (Å²) in [5.41, 5.74) is -0.311. The Hall–Kier alpha value is -2.34. The smallest absolute Gasteiger partial charge is 0.339 e. The predicted molar refractivity (Wildman–Crippen MR) is 201 cm³/mol. The van der Waals surface area contributed by atoms with E-state index in [1.54, 1.807) is 32.9 Å². The number of ether oxygens (including phenoxy) is 4. The van der Waals surface area contributed by atoms with E-state index in [9.17, 15) is 30.0 Å². The van der Waals surface area contributed by atoms with Gasteiger partial charge in [-0.25, -0.2) is 4.79 Å². The molecule has 53 heavy (non-hydrogen) atoms. The fourth-order valence-corrected chi connectivity index (χ4v) is 9.88. The Bertz CT molecular complexity index is 1520. The number of phenols is 1. The molecule has 1 aromatic carbocycles. The lowest BCUT2D eigenvalue weighted by molar-refractivity contribution is -0.400. The van der Waals surface area contributed by atoms with Gasteiger partial charge in [0.15, 0.2) is 11.6 Å². The Morgan fingerprint density at radius 3 is 2.32 bits per heavy atom. The molecule has 10 nitrogen and oxygen atoms in total. The van der Waals surface area contributed by atoms with E-state index in [0.717, 1.165) is 32.1 Å². The standard InChI is InChI=1S/C43H66O10/c1-11-32(37(47)29(8)35(45)24(3)14-16-31-17-15-25(4)36(46)34(31)39(48)49)38-26(5)22-27(6)42(51-38)19-13-20-43(53-42)28(7)23-41(12-2,52-43)33-18-21-40(10,50-33)30(9)44/h13,15,17,19,24,26-30,32-33,35,38,44-46H,11-12,14,16,18,20-23H2,1-10H3,(H,48,49). The molecule has 14 atom stereocenters. The molecular formula is C43H66O10. The number of rotatable bonds is 13. The third-order valence-electron chi connectivity index (χ3n) is 13.8. The number of carboxylic acids is 1. The van der Waals surface area contributed by atoms with Crippen LogP contribution in [-0.2, 0) is 30.2 Å². The lowest BCUT2D eigenvalue weighted by Gasteiger charge is -2.54. The van der Waals surface area contributed by atoms with Gasteiger partial charge in [-0.05, 0) is 101 Å². The van der Waals surface area contributed by atoms with Crippen molar-refractivity contribution < 1.29 is 49.0 Å². The van der Waals surface area contributed by atoms with Gasteiger partial charge in [0.1, 0.15) is 17.1 Å². The topological polar surface area (TPSA) is 152 Å². The monoisotopic (exact) mass is 742 g/mol. The van der Waals surface area contributed by atoms with Crippen LogP contribution in [0, 0.1) is 42.4 Å². The Kier molecular flexibility index (Phi) is 12.4. The average molecular weight is 743 g/mol. The molecular weight excluding hydrogens is 676 g/mol. The number of aromatic carboxylic acids is 1. The summed E-state index contributed by atoms with van der Waals surface area (Å²) in [6.45, 7) is 19.6. The lowest BCUT2D eigenvalue weighted by atomic mass is 9.73. The van der Waals surface area contributed by atoms with Crippen molar-refractivity contribution in [1.82, 2.24) is 0 Å². The van der Waals surface area contributed by atoms with E-state index in [1.165, 1.54) is 0 Å². The fraction of sp³-hybridized carbons (Fsp3) is 0.767. The summed E-state index contributed by atoms with van der Waals surface area (Å²) in [6.07, 6.45) is 7.71. The predicted octanol–water partition coefficient (Wildman–Crippen LogP) is 7.51. The van der Waals surface area contributed by atoms with Crippen LogP contribution in [0.4, 0.5) is 0 Å². The summed E-state index contributed by atoms with van der Waals surface area (Å²) in [7, 11) is 0. The molecule has 4 aliphatic heterocycles. The van der Waals surface area contributed by atoms with Crippen molar-refractivity contribution >= 4 is 11.8 Å². The van der Waals surface area contributed by atoms with E-state index < -0.39 is 58.9 Å². The first-order chi connectivity index (χ1) is 24.8. The van der Waals surface area contributed by atoms with Crippen molar-refractivity contribution in [2.75, 3.05) is 0 Å². The molecule has 1 aromatic rings. The number of carboxylic acid groups (broad SMARTS) is 1. The second kappa shape index (κ2) is 15.7. The molecule has 0 aromatic heterocycles. The van der Waals surface area contributed by atoms with Gasteiger partial charge in [0, 0.05) is 30.1 Å².